The second-order valence-electron chi connectivity index (χ2n) is 17.8. The summed E-state index contributed by atoms with van der Waals surface area (Å²) in [5.41, 5.74) is 12.7. The van der Waals surface area contributed by atoms with Crippen molar-refractivity contribution in [1.29, 1.82) is 0 Å². The highest BCUT2D eigenvalue weighted by Gasteiger charge is 2.26. The van der Waals surface area contributed by atoms with E-state index in [-0.39, 0.29) is 0 Å². The molecule has 306 valence electrons. The molecule has 5 heteroatoms. The van der Waals surface area contributed by atoms with Crippen LogP contribution in [0.3, 0.4) is 0 Å². The summed E-state index contributed by atoms with van der Waals surface area (Å²) in [5, 5.41) is 8.35. The van der Waals surface area contributed by atoms with E-state index in [2.05, 4.69) is 230 Å². The number of anilines is 6. The highest BCUT2D eigenvalue weighted by Crippen LogP contribution is 2.51. The SMILES string of the molecule is C[Si](C)(C)c1ccc(N(c2ccccc2)c2ccc(-c3ccc4cc5c6c(cccc6c4c3)Oc3cc(N(c4ccccc4)c4cccc6c4oc4ccccc46)ccc3-5)cc2)cc1. The molecule has 2 heterocycles. The first-order chi connectivity index (χ1) is 31.4. The number of para-hydroxylation sites is 4. The monoisotopic (exact) mass is 840 g/mol. The maximum absolute atomic E-state index is 6.89. The van der Waals surface area contributed by atoms with Crippen LogP contribution in [0.15, 0.2) is 217 Å². The molecular weight excluding hydrogens is 797 g/mol. The molecule has 0 saturated heterocycles. The van der Waals surface area contributed by atoms with Gasteiger partial charge in [-0.2, -0.15) is 0 Å². The summed E-state index contributed by atoms with van der Waals surface area (Å²) >= 11 is 0. The van der Waals surface area contributed by atoms with Gasteiger partial charge in [-0.3, -0.25) is 0 Å². The van der Waals surface area contributed by atoms with E-state index in [0.29, 0.717) is 0 Å². The first-order valence-corrected chi connectivity index (χ1v) is 25.5. The summed E-state index contributed by atoms with van der Waals surface area (Å²) in [7, 11) is -1.42. The highest BCUT2D eigenvalue weighted by atomic mass is 28.3. The van der Waals surface area contributed by atoms with Gasteiger partial charge in [0.1, 0.15) is 17.1 Å². The minimum atomic E-state index is -1.42. The van der Waals surface area contributed by atoms with Crippen molar-refractivity contribution in [3.05, 3.63) is 212 Å². The van der Waals surface area contributed by atoms with Crippen molar-refractivity contribution in [3.63, 3.8) is 0 Å². The lowest BCUT2D eigenvalue weighted by atomic mass is 9.89. The summed E-state index contributed by atoms with van der Waals surface area (Å²) in [6, 6.07) is 76.1. The van der Waals surface area contributed by atoms with E-state index < -0.39 is 8.07 Å². The van der Waals surface area contributed by atoms with Gasteiger partial charge in [0.25, 0.3) is 0 Å². The molecule has 0 fully saturated rings. The molecule has 0 unspecified atom stereocenters. The predicted octanol–water partition coefficient (Wildman–Crippen LogP) is 16.8. The van der Waals surface area contributed by atoms with Crippen molar-refractivity contribution in [2.45, 2.75) is 19.6 Å². The molecule has 0 N–H and O–H groups in total. The van der Waals surface area contributed by atoms with Gasteiger partial charge in [-0.15, -0.1) is 0 Å². The Labute approximate surface area is 373 Å². The van der Waals surface area contributed by atoms with Crippen LogP contribution in [0.4, 0.5) is 34.1 Å². The van der Waals surface area contributed by atoms with Gasteiger partial charge < -0.3 is 19.0 Å². The Balaban J connectivity index is 0.919. The van der Waals surface area contributed by atoms with Crippen LogP contribution >= 0.6 is 0 Å². The molecule has 0 amide bonds. The Morgan fingerprint density at radius 2 is 1.00 bits per heavy atom. The van der Waals surface area contributed by atoms with Gasteiger partial charge in [-0.05, 0) is 124 Å². The molecular formula is C59H44N2O2Si. The van der Waals surface area contributed by atoms with Crippen LogP contribution in [-0.4, -0.2) is 8.07 Å². The van der Waals surface area contributed by atoms with Crippen molar-refractivity contribution >= 4 is 90.9 Å². The Hall–Kier alpha value is -7.86. The number of nitrogens with zero attached hydrogens (tertiary/aromatic N) is 2. The van der Waals surface area contributed by atoms with Crippen LogP contribution in [0.25, 0.3) is 65.7 Å². The zero-order valence-corrected chi connectivity index (χ0v) is 36.9. The van der Waals surface area contributed by atoms with E-state index in [1.807, 2.05) is 12.1 Å². The van der Waals surface area contributed by atoms with Gasteiger partial charge in [0.15, 0.2) is 5.58 Å². The lowest BCUT2D eigenvalue weighted by molar-refractivity contribution is 0.487. The van der Waals surface area contributed by atoms with Crippen LogP contribution in [0.2, 0.25) is 19.6 Å². The number of hydrogen-bond donors (Lipinski definition) is 0. The van der Waals surface area contributed by atoms with Crippen molar-refractivity contribution in [3.8, 4) is 33.8 Å². The van der Waals surface area contributed by atoms with E-state index in [1.165, 1.54) is 38.0 Å². The molecule has 1 aromatic heterocycles. The lowest BCUT2D eigenvalue weighted by Gasteiger charge is -2.28. The van der Waals surface area contributed by atoms with Gasteiger partial charge in [0.05, 0.1) is 19.4 Å². The average molecular weight is 841 g/mol. The highest BCUT2D eigenvalue weighted by molar-refractivity contribution is 6.88. The quantitative estimate of drug-likeness (QED) is 0.113. The number of hydrogen-bond acceptors (Lipinski definition) is 4. The molecule has 0 bridgehead atoms. The maximum Gasteiger partial charge on any atom is 0.159 e. The summed E-state index contributed by atoms with van der Waals surface area (Å²) in [4.78, 5) is 4.61. The molecule has 0 radical (unpaired) electrons. The average Bonchev–Trinajstić information content (AvgIpc) is 3.72. The molecule has 0 spiro atoms. The second kappa shape index (κ2) is 14.9. The summed E-state index contributed by atoms with van der Waals surface area (Å²) < 4.78 is 13.5. The maximum atomic E-state index is 6.89. The Bertz CT molecular complexity index is 3560. The molecule has 10 aromatic carbocycles. The normalized spacial score (nSPS) is 12.1. The fraction of sp³-hybridized carbons (Fsp3) is 0.0508. The number of fused-ring (bicyclic) bond motifs is 7. The van der Waals surface area contributed by atoms with Gasteiger partial charge in [-0.25, -0.2) is 0 Å². The zero-order valence-electron chi connectivity index (χ0n) is 35.9. The molecule has 11 aromatic rings. The van der Waals surface area contributed by atoms with E-state index in [9.17, 15) is 0 Å². The third-order valence-corrected chi connectivity index (χ3v) is 14.8. The minimum absolute atomic E-state index is 0.822. The second-order valence-corrected chi connectivity index (χ2v) is 22.8. The standard InChI is InChI=1S/C59H44N2O2Si/c1-64(2,3)47-33-30-45(31-34-47)60(42-14-6-4-7-15-42)44-28-26-39(27-29-44)40-24-25-41-37-53-49-35-32-46(38-57(49)62-56-23-13-19-50(58(53)56)52(41)36-40)61(43-16-8-5-9-17-43)54-21-12-20-51-48-18-10-11-22-55(48)63-59(51)54/h4-38H,1-3H3. The van der Waals surface area contributed by atoms with Gasteiger partial charge in [0.2, 0.25) is 0 Å². The van der Waals surface area contributed by atoms with Crippen molar-refractivity contribution in [2.75, 3.05) is 9.80 Å². The van der Waals surface area contributed by atoms with E-state index in [1.54, 1.807) is 0 Å². The first kappa shape index (κ1) is 37.9. The molecule has 0 saturated carbocycles. The summed E-state index contributed by atoms with van der Waals surface area (Å²) in [5.74, 6) is 1.68. The van der Waals surface area contributed by atoms with Gasteiger partial charge in [-0.1, -0.05) is 140 Å². The molecule has 4 nitrogen and oxygen atoms in total. The van der Waals surface area contributed by atoms with E-state index >= 15 is 0 Å². The molecule has 1 aliphatic heterocycles. The van der Waals surface area contributed by atoms with E-state index in [0.717, 1.165) is 78.5 Å². The van der Waals surface area contributed by atoms with Crippen LogP contribution in [0.5, 0.6) is 11.5 Å². The van der Waals surface area contributed by atoms with Crippen molar-refractivity contribution in [2.24, 2.45) is 0 Å². The van der Waals surface area contributed by atoms with Crippen molar-refractivity contribution < 1.29 is 9.15 Å². The molecule has 12 rings (SSSR count). The van der Waals surface area contributed by atoms with Crippen molar-refractivity contribution in [1.82, 2.24) is 0 Å². The minimum Gasteiger partial charge on any atom is -0.456 e. The smallest absolute Gasteiger partial charge is 0.159 e. The topological polar surface area (TPSA) is 28.9 Å². The lowest BCUT2D eigenvalue weighted by Crippen LogP contribution is -2.37. The molecule has 1 aliphatic rings. The van der Waals surface area contributed by atoms with Gasteiger partial charge >= 0.3 is 0 Å². The fourth-order valence-electron chi connectivity index (χ4n) is 9.58. The molecule has 0 atom stereocenters. The molecule has 64 heavy (non-hydrogen) atoms. The van der Waals surface area contributed by atoms with Crippen LogP contribution in [-0.2, 0) is 0 Å². The number of benzene rings is 10. The largest absolute Gasteiger partial charge is 0.456 e. The van der Waals surface area contributed by atoms with Gasteiger partial charge in [0, 0.05) is 50.5 Å². The molecule has 0 aliphatic carbocycles. The number of ether oxygens (including phenoxy) is 1. The number of furan rings is 1. The van der Waals surface area contributed by atoms with Crippen LogP contribution < -0.4 is 19.7 Å². The Morgan fingerprint density at radius 3 is 1.75 bits per heavy atom. The Kier molecular flexibility index (Phi) is 8.82. The third kappa shape index (κ3) is 6.35. The summed E-state index contributed by atoms with van der Waals surface area (Å²) in [6.45, 7) is 7.19. The third-order valence-electron chi connectivity index (χ3n) is 12.8. The number of rotatable bonds is 8. The van der Waals surface area contributed by atoms with Crippen LogP contribution in [0, 0.1) is 0 Å². The summed E-state index contributed by atoms with van der Waals surface area (Å²) in [6.07, 6.45) is 0. The first-order valence-electron chi connectivity index (χ1n) is 22.0. The Morgan fingerprint density at radius 1 is 0.391 bits per heavy atom. The predicted molar refractivity (Wildman–Crippen MR) is 272 cm³/mol. The van der Waals surface area contributed by atoms with E-state index in [4.69, 9.17) is 9.15 Å². The zero-order chi connectivity index (χ0) is 42.9. The fourth-order valence-corrected chi connectivity index (χ4v) is 10.7. The van der Waals surface area contributed by atoms with Crippen LogP contribution in [0.1, 0.15) is 0 Å².